The van der Waals surface area contributed by atoms with E-state index in [0.717, 1.165) is 16.9 Å². The predicted octanol–water partition coefficient (Wildman–Crippen LogP) is 5.21. The first-order valence-corrected chi connectivity index (χ1v) is 13.4. The lowest BCUT2D eigenvalue weighted by molar-refractivity contribution is 0.0956. The third-order valence-corrected chi connectivity index (χ3v) is 8.55. The fraction of sp³-hybridized carbons (Fsp3) is 0.458. The van der Waals surface area contributed by atoms with Gasteiger partial charge in [0.25, 0.3) is 15.9 Å². The molecule has 0 atom stereocenters. The number of amides is 1. The summed E-state index contributed by atoms with van der Waals surface area (Å²) in [6.07, 6.45) is 6.49. The maximum absolute atomic E-state index is 13.0. The third-order valence-electron chi connectivity index (χ3n) is 5.66. The number of anilines is 1. The van der Waals surface area contributed by atoms with Gasteiger partial charge in [-0.3, -0.25) is 9.52 Å². The minimum atomic E-state index is -3.81. The molecule has 5 nitrogen and oxygen atoms in total. The molecule has 0 radical (unpaired) electrons. The summed E-state index contributed by atoms with van der Waals surface area (Å²) in [4.78, 5) is 12.7. The number of carbonyl (C=O) groups is 1. The number of hydrogen-bond donors (Lipinski definition) is 2. The topological polar surface area (TPSA) is 75.3 Å². The van der Waals surface area contributed by atoms with Crippen molar-refractivity contribution in [2.45, 2.75) is 63.0 Å². The molecule has 7 heteroatoms. The molecule has 0 unspecified atom stereocenters. The van der Waals surface area contributed by atoms with E-state index >= 15 is 0 Å². The Morgan fingerprint density at radius 3 is 2.45 bits per heavy atom. The molecule has 2 aromatic carbocycles. The Kier molecular flexibility index (Phi) is 8.06. The minimum Gasteiger partial charge on any atom is -0.351 e. The van der Waals surface area contributed by atoms with E-state index in [0.29, 0.717) is 28.6 Å². The molecule has 0 heterocycles. The van der Waals surface area contributed by atoms with Crippen LogP contribution in [0, 0.1) is 20.8 Å². The third kappa shape index (κ3) is 6.50. The van der Waals surface area contributed by atoms with Gasteiger partial charge < -0.3 is 5.32 Å². The standard InChI is InChI=1S/C24H32N2O3S2/c1-17-9-12-22(19(3)15-17)26-31(28,29)23-16-20(11-10-18(23)2)24(27)25-13-14-30-21-7-5-4-6-8-21/h9-12,15-16,21,26H,4-8,13-14H2,1-3H3,(H,25,27). The van der Waals surface area contributed by atoms with Crippen LogP contribution in [0.5, 0.6) is 0 Å². The maximum Gasteiger partial charge on any atom is 0.262 e. The van der Waals surface area contributed by atoms with Gasteiger partial charge in [-0.05, 0) is 62.9 Å². The van der Waals surface area contributed by atoms with Crippen LogP contribution in [0.3, 0.4) is 0 Å². The molecule has 3 rings (SSSR count). The van der Waals surface area contributed by atoms with E-state index in [2.05, 4.69) is 10.0 Å². The Morgan fingerprint density at radius 1 is 1.00 bits per heavy atom. The van der Waals surface area contributed by atoms with Crippen LogP contribution < -0.4 is 10.0 Å². The number of carbonyl (C=O) groups excluding carboxylic acids is 1. The fourth-order valence-electron chi connectivity index (χ4n) is 3.88. The molecule has 1 saturated carbocycles. The van der Waals surface area contributed by atoms with Crippen molar-refractivity contribution in [3.05, 3.63) is 58.7 Å². The second-order valence-electron chi connectivity index (χ2n) is 8.29. The Balaban J connectivity index is 1.65. The monoisotopic (exact) mass is 460 g/mol. The summed E-state index contributed by atoms with van der Waals surface area (Å²) in [5.74, 6) is 0.633. The lowest BCUT2D eigenvalue weighted by Crippen LogP contribution is -2.27. The highest BCUT2D eigenvalue weighted by Gasteiger charge is 2.20. The molecular weight excluding hydrogens is 428 g/mol. The summed E-state index contributed by atoms with van der Waals surface area (Å²) in [5, 5.41) is 3.63. The molecule has 1 aliphatic carbocycles. The molecule has 0 aromatic heterocycles. The van der Waals surface area contributed by atoms with E-state index in [1.807, 2.05) is 37.7 Å². The summed E-state index contributed by atoms with van der Waals surface area (Å²) < 4.78 is 28.7. The number of nitrogens with one attached hydrogen (secondary N) is 2. The summed E-state index contributed by atoms with van der Waals surface area (Å²) in [6.45, 7) is 6.15. The predicted molar refractivity (Wildman–Crippen MR) is 130 cm³/mol. The largest absolute Gasteiger partial charge is 0.351 e. The SMILES string of the molecule is Cc1ccc(NS(=O)(=O)c2cc(C(=O)NCCSC3CCCCC3)ccc2C)c(C)c1. The van der Waals surface area contributed by atoms with Crippen LogP contribution in [0.25, 0.3) is 0 Å². The molecule has 1 aliphatic rings. The Labute approximate surface area is 190 Å². The lowest BCUT2D eigenvalue weighted by Gasteiger charge is -2.20. The average Bonchev–Trinajstić information content (AvgIpc) is 2.74. The van der Waals surface area contributed by atoms with Gasteiger partial charge in [0.1, 0.15) is 0 Å². The Hall–Kier alpha value is -1.99. The quantitative estimate of drug-likeness (QED) is 0.531. The first kappa shape index (κ1) is 23.7. The molecule has 31 heavy (non-hydrogen) atoms. The molecule has 1 fully saturated rings. The van der Waals surface area contributed by atoms with Crippen LogP contribution >= 0.6 is 11.8 Å². The van der Waals surface area contributed by atoms with Gasteiger partial charge in [-0.25, -0.2) is 8.42 Å². The first-order chi connectivity index (χ1) is 14.8. The Morgan fingerprint density at radius 2 is 1.74 bits per heavy atom. The molecule has 1 amide bonds. The van der Waals surface area contributed by atoms with Gasteiger partial charge in [-0.1, -0.05) is 43.0 Å². The minimum absolute atomic E-state index is 0.122. The van der Waals surface area contributed by atoms with Gasteiger partial charge in [0.05, 0.1) is 10.6 Å². The number of aryl methyl sites for hydroxylation is 3. The van der Waals surface area contributed by atoms with E-state index in [9.17, 15) is 13.2 Å². The molecule has 2 aromatic rings. The molecule has 0 aliphatic heterocycles. The van der Waals surface area contributed by atoms with Gasteiger partial charge in [-0.15, -0.1) is 0 Å². The van der Waals surface area contributed by atoms with Gasteiger partial charge in [-0.2, -0.15) is 11.8 Å². The molecule has 168 valence electrons. The van der Waals surface area contributed by atoms with Crippen LogP contribution in [-0.4, -0.2) is 31.9 Å². The zero-order valence-electron chi connectivity index (χ0n) is 18.5. The second-order valence-corrected chi connectivity index (χ2v) is 11.3. The summed E-state index contributed by atoms with van der Waals surface area (Å²) >= 11 is 1.93. The number of hydrogen-bond acceptors (Lipinski definition) is 4. The zero-order chi connectivity index (χ0) is 22.4. The van der Waals surface area contributed by atoms with E-state index in [-0.39, 0.29) is 10.8 Å². The van der Waals surface area contributed by atoms with Crippen molar-refractivity contribution in [2.24, 2.45) is 0 Å². The molecule has 0 spiro atoms. The summed E-state index contributed by atoms with van der Waals surface area (Å²) in [7, 11) is -3.81. The Bertz CT molecular complexity index is 1030. The maximum atomic E-state index is 13.0. The van der Waals surface area contributed by atoms with Crippen LogP contribution in [-0.2, 0) is 10.0 Å². The van der Waals surface area contributed by atoms with Gasteiger partial charge in [0.2, 0.25) is 0 Å². The van der Waals surface area contributed by atoms with Crippen LogP contribution in [0.15, 0.2) is 41.3 Å². The highest BCUT2D eigenvalue weighted by atomic mass is 32.2. The molecule has 0 bridgehead atoms. The van der Waals surface area contributed by atoms with Crippen molar-refractivity contribution in [3.63, 3.8) is 0 Å². The van der Waals surface area contributed by atoms with Crippen molar-refractivity contribution >= 4 is 33.4 Å². The number of rotatable bonds is 8. The van der Waals surface area contributed by atoms with Crippen molar-refractivity contribution in [1.29, 1.82) is 0 Å². The summed E-state index contributed by atoms with van der Waals surface area (Å²) in [5.41, 5.74) is 3.41. The molecule has 2 N–H and O–H groups in total. The van der Waals surface area contributed by atoms with Gasteiger partial charge >= 0.3 is 0 Å². The van der Waals surface area contributed by atoms with Crippen LogP contribution in [0.1, 0.15) is 59.2 Å². The number of sulfonamides is 1. The van der Waals surface area contributed by atoms with Crippen molar-refractivity contribution in [1.82, 2.24) is 5.32 Å². The van der Waals surface area contributed by atoms with E-state index in [1.165, 1.54) is 38.2 Å². The van der Waals surface area contributed by atoms with Crippen molar-refractivity contribution < 1.29 is 13.2 Å². The first-order valence-electron chi connectivity index (χ1n) is 10.9. The highest BCUT2D eigenvalue weighted by Crippen LogP contribution is 2.28. The summed E-state index contributed by atoms with van der Waals surface area (Å²) in [6, 6.07) is 10.4. The highest BCUT2D eigenvalue weighted by molar-refractivity contribution is 7.99. The molecular formula is C24H32N2O3S2. The van der Waals surface area contributed by atoms with E-state index in [1.54, 1.807) is 25.1 Å². The zero-order valence-corrected chi connectivity index (χ0v) is 20.2. The fourth-order valence-corrected chi connectivity index (χ4v) is 6.51. The number of benzene rings is 2. The molecule has 0 saturated heterocycles. The van der Waals surface area contributed by atoms with Crippen LogP contribution in [0.4, 0.5) is 5.69 Å². The van der Waals surface area contributed by atoms with Gasteiger partial charge in [0.15, 0.2) is 0 Å². The van der Waals surface area contributed by atoms with Gasteiger partial charge in [0, 0.05) is 23.1 Å². The van der Waals surface area contributed by atoms with Crippen molar-refractivity contribution in [2.75, 3.05) is 17.0 Å². The normalized spacial score (nSPS) is 14.9. The second kappa shape index (κ2) is 10.6. The van der Waals surface area contributed by atoms with Crippen LogP contribution in [0.2, 0.25) is 0 Å². The van der Waals surface area contributed by atoms with E-state index < -0.39 is 10.0 Å². The van der Waals surface area contributed by atoms with E-state index in [4.69, 9.17) is 0 Å². The smallest absolute Gasteiger partial charge is 0.262 e. The lowest BCUT2D eigenvalue weighted by atomic mass is 10.0. The average molecular weight is 461 g/mol. The number of thioether (sulfide) groups is 1. The van der Waals surface area contributed by atoms with Crippen molar-refractivity contribution in [3.8, 4) is 0 Å².